The van der Waals surface area contributed by atoms with Gasteiger partial charge in [0, 0.05) is 17.6 Å². The molecule has 0 radical (unpaired) electrons. The van der Waals surface area contributed by atoms with Gasteiger partial charge in [-0.2, -0.15) is 0 Å². The Labute approximate surface area is 142 Å². The zero-order chi connectivity index (χ0) is 18.3. The Morgan fingerprint density at radius 3 is 2.62 bits per heavy atom. The number of nitrogens with one attached hydrogen (secondary N) is 2. The number of esters is 1. The van der Waals surface area contributed by atoms with E-state index in [0.29, 0.717) is 6.54 Å². The normalized spacial score (nSPS) is 11.3. The van der Waals surface area contributed by atoms with Crippen LogP contribution in [0, 0.1) is 10.1 Å². The monoisotopic (exact) mass is 357 g/mol. The summed E-state index contributed by atoms with van der Waals surface area (Å²) in [5.74, 6) is -2.17. The first-order valence-corrected chi connectivity index (χ1v) is 7.32. The van der Waals surface area contributed by atoms with E-state index in [1.165, 1.54) is 13.0 Å². The molecule has 0 aliphatic rings. The average Bonchev–Trinajstić information content (AvgIpc) is 2.52. The molecule has 0 unspecified atom stereocenters. The molecule has 0 heterocycles. The molecule has 130 valence electrons. The number of carbonyl (C=O) groups is 3. The quantitative estimate of drug-likeness (QED) is 0.426. The lowest BCUT2D eigenvalue weighted by atomic mass is 10.2. The van der Waals surface area contributed by atoms with Crippen LogP contribution in [0.3, 0.4) is 0 Å². The van der Waals surface area contributed by atoms with Crippen molar-refractivity contribution >= 4 is 35.1 Å². The highest BCUT2D eigenvalue weighted by atomic mass is 35.5. The molecule has 10 heteroatoms. The summed E-state index contributed by atoms with van der Waals surface area (Å²) in [6.07, 6.45) is 0. The Kier molecular flexibility index (Phi) is 7.12. The molecule has 0 saturated heterocycles. The number of rotatable bonds is 7. The SMILES string of the molecule is CCNC(=O)[C@H](C)NC(=O)COC(=O)c1cc(Cl)ccc1[N+](=O)[O-]. The fourth-order valence-electron chi connectivity index (χ4n) is 1.72. The number of nitro groups is 1. The van der Waals surface area contributed by atoms with Gasteiger partial charge in [0.15, 0.2) is 6.61 Å². The minimum atomic E-state index is -1.06. The van der Waals surface area contributed by atoms with Gasteiger partial charge in [0.25, 0.3) is 11.6 Å². The van der Waals surface area contributed by atoms with Gasteiger partial charge >= 0.3 is 5.97 Å². The molecule has 1 aromatic carbocycles. The number of hydrogen-bond donors (Lipinski definition) is 2. The third-order valence-electron chi connectivity index (χ3n) is 2.83. The molecule has 9 nitrogen and oxygen atoms in total. The van der Waals surface area contributed by atoms with Crippen LogP contribution in [-0.2, 0) is 14.3 Å². The zero-order valence-corrected chi connectivity index (χ0v) is 13.8. The summed E-state index contributed by atoms with van der Waals surface area (Å²) >= 11 is 5.71. The Morgan fingerprint density at radius 1 is 1.38 bits per heavy atom. The van der Waals surface area contributed by atoms with Crippen molar-refractivity contribution < 1.29 is 24.0 Å². The zero-order valence-electron chi connectivity index (χ0n) is 13.0. The van der Waals surface area contributed by atoms with Crippen LogP contribution in [0.1, 0.15) is 24.2 Å². The third kappa shape index (κ3) is 5.51. The number of nitro benzene ring substituents is 1. The molecule has 1 rings (SSSR count). The van der Waals surface area contributed by atoms with Crippen molar-refractivity contribution in [1.82, 2.24) is 10.6 Å². The first kappa shape index (κ1) is 19.4. The molecule has 0 aromatic heterocycles. The summed E-state index contributed by atoms with van der Waals surface area (Å²) in [6, 6.07) is 2.60. The van der Waals surface area contributed by atoms with Gasteiger partial charge in [-0.05, 0) is 26.0 Å². The number of nitrogens with zero attached hydrogens (tertiary/aromatic N) is 1. The van der Waals surface area contributed by atoms with Crippen molar-refractivity contribution in [2.45, 2.75) is 19.9 Å². The van der Waals surface area contributed by atoms with Gasteiger partial charge in [0.1, 0.15) is 11.6 Å². The van der Waals surface area contributed by atoms with Crippen LogP contribution in [0.4, 0.5) is 5.69 Å². The predicted molar refractivity (Wildman–Crippen MR) is 84.7 cm³/mol. The lowest BCUT2D eigenvalue weighted by Gasteiger charge is -2.13. The molecule has 0 aliphatic carbocycles. The van der Waals surface area contributed by atoms with Crippen molar-refractivity contribution in [2.24, 2.45) is 0 Å². The first-order valence-electron chi connectivity index (χ1n) is 6.94. The molecule has 2 amide bonds. The molecule has 0 bridgehead atoms. The summed E-state index contributed by atoms with van der Waals surface area (Å²) in [4.78, 5) is 45.2. The van der Waals surface area contributed by atoms with Gasteiger partial charge in [-0.15, -0.1) is 0 Å². The number of halogens is 1. The highest BCUT2D eigenvalue weighted by Crippen LogP contribution is 2.23. The summed E-state index contributed by atoms with van der Waals surface area (Å²) in [6.45, 7) is 2.91. The Hall–Kier alpha value is -2.68. The average molecular weight is 358 g/mol. The van der Waals surface area contributed by atoms with Crippen LogP contribution in [0.15, 0.2) is 18.2 Å². The van der Waals surface area contributed by atoms with Crippen LogP contribution in [-0.4, -0.2) is 41.9 Å². The summed E-state index contributed by atoms with van der Waals surface area (Å²) in [7, 11) is 0. The second-order valence-electron chi connectivity index (χ2n) is 4.68. The van der Waals surface area contributed by atoms with E-state index in [4.69, 9.17) is 16.3 Å². The molecule has 1 atom stereocenters. The molecule has 0 aliphatic heterocycles. The van der Waals surface area contributed by atoms with Crippen molar-refractivity contribution in [2.75, 3.05) is 13.2 Å². The predicted octanol–water partition coefficient (Wildman–Crippen LogP) is 1.05. The molecular weight excluding hydrogens is 342 g/mol. The molecular formula is C14H16ClN3O6. The van der Waals surface area contributed by atoms with E-state index in [1.54, 1.807) is 6.92 Å². The molecule has 0 saturated carbocycles. The smallest absolute Gasteiger partial charge is 0.345 e. The van der Waals surface area contributed by atoms with E-state index in [0.717, 1.165) is 12.1 Å². The Balaban J connectivity index is 2.66. The molecule has 24 heavy (non-hydrogen) atoms. The van der Waals surface area contributed by atoms with Gasteiger partial charge in [0.05, 0.1) is 4.92 Å². The van der Waals surface area contributed by atoms with Gasteiger partial charge in [-0.3, -0.25) is 19.7 Å². The fourth-order valence-corrected chi connectivity index (χ4v) is 1.89. The van der Waals surface area contributed by atoms with Crippen molar-refractivity contribution in [3.05, 3.63) is 38.9 Å². The van der Waals surface area contributed by atoms with Crippen LogP contribution in [0.2, 0.25) is 5.02 Å². The third-order valence-corrected chi connectivity index (χ3v) is 3.07. The van der Waals surface area contributed by atoms with Crippen molar-refractivity contribution in [1.29, 1.82) is 0 Å². The Morgan fingerprint density at radius 2 is 2.04 bits per heavy atom. The maximum absolute atomic E-state index is 11.9. The van der Waals surface area contributed by atoms with Crippen LogP contribution in [0.25, 0.3) is 0 Å². The molecule has 1 aromatic rings. The number of ether oxygens (including phenoxy) is 1. The van der Waals surface area contributed by atoms with Gasteiger partial charge in [0.2, 0.25) is 5.91 Å². The molecule has 2 N–H and O–H groups in total. The van der Waals surface area contributed by atoms with Crippen LogP contribution in [0.5, 0.6) is 0 Å². The number of amides is 2. The van der Waals surface area contributed by atoms with Gasteiger partial charge < -0.3 is 15.4 Å². The highest BCUT2D eigenvalue weighted by Gasteiger charge is 2.23. The van der Waals surface area contributed by atoms with E-state index < -0.39 is 35.1 Å². The number of hydrogen-bond acceptors (Lipinski definition) is 6. The first-order chi connectivity index (χ1) is 11.3. The van der Waals surface area contributed by atoms with Gasteiger partial charge in [-0.25, -0.2) is 4.79 Å². The van der Waals surface area contributed by atoms with E-state index in [9.17, 15) is 24.5 Å². The van der Waals surface area contributed by atoms with Crippen molar-refractivity contribution in [3.8, 4) is 0 Å². The van der Waals surface area contributed by atoms with Crippen LogP contribution < -0.4 is 10.6 Å². The summed E-state index contributed by atoms with van der Waals surface area (Å²) < 4.78 is 4.73. The van der Waals surface area contributed by atoms with E-state index in [1.807, 2.05) is 0 Å². The fraction of sp³-hybridized carbons (Fsp3) is 0.357. The van der Waals surface area contributed by atoms with Crippen molar-refractivity contribution in [3.63, 3.8) is 0 Å². The van der Waals surface area contributed by atoms with Gasteiger partial charge in [-0.1, -0.05) is 11.6 Å². The second-order valence-corrected chi connectivity index (χ2v) is 5.11. The number of carbonyl (C=O) groups excluding carboxylic acids is 3. The minimum Gasteiger partial charge on any atom is -0.452 e. The lowest BCUT2D eigenvalue weighted by molar-refractivity contribution is -0.385. The maximum atomic E-state index is 11.9. The van der Waals surface area contributed by atoms with E-state index >= 15 is 0 Å². The molecule has 0 spiro atoms. The summed E-state index contributed by atoms with van der Waals surface area (Å²) in [5, 5.41) is 15.8. The second kappa shape index (κ2) is 8.82. The van der Waals surface area contributed by atoms with E-state index in [2.05, 4.69) is 10.6 Å². The maximum Gasteiger partial charge on any atom is 0.345 e. The standard InChI is InChI=1S/C14H16ClN3O6/c1-3-16-13(20)8(2)17-12(19)7-24-14(21)10-6-9(15)4-5-11(10)18(22)23/h4-6,8H,3,7H2,1-2H3,(H,16,20)(H,17,19)/t8-/m0/s1. The number of likely N-dealkylation sites (N-methyl/N-ethyl adjacent to an activating group) is 1. The minimum absolute atomic E-state index is 0.113. The lowest BCUT2D eigenvalue weighted by Crippen LogP contribution is -2.46. The van der Waals surface area contributed by atoms with E-state index in [-0.39, 0.29) is 16.5 Å². The number of benzene rings is 1. The summed E-state index contributed by atoms with van der Waals surface area (Å²) in [5.41, 5.74) is -0.849. The highest BCUT2D eigenvalue weighted by molar-refractivity contribution is 6.31. The topological polar surface area (TPSA) is 128 Å². The van der Waals surface area contributed by atoms with Crippen LogP contribution >= 0.6 is 11.6 Å². The molecule has 0 fully saturated rings. The Bertz CT molecular complexity index is 664. The largest absolute Gasteiger partial charge is 0.452 e.